The summed E-state index contributed by atoms with van der Waals surface area (Å²) < 4.78 is 19.9. The summed E-state index contributed by atoms with van der Waals surface area (Å²) in [5, 5.41) is 0. The number of esters is 4. The molecule has 0 atom stereocenters. The van der Waals surface area contributed by atoms with Crippen molar-refractivity contribution >= 4 is 23.9 Å². The average Bonchev–Trinajstić information content (AvgIpc) is 2.93. The van der Waals surface area contributed by atoms with Crippen LogP contribution < -0.4 is 0 Å². The molecule has 0 unspecified atom stereocenters. The zero-order valence-electron chi connectivity index (χ0n) is 25.8. The normalized spacial score (nSPS) is 10.1. The molecule has 0 N–H and O–H groups in total. The summed E-state index contributed by atoms with van der Waals surface area (Å²) >= 11 is 0. The van der Waals surface area contributed by atoms with Gasteiger partial charge in [-0.1, -0.05) is 105 Å². The van der Waals surface area contributed by atoms with Crippen LogP contribution in [0.1, 0.15) is 130 Å². The summed E-state index contributed by atoms with van der Waals surface area (Å²) in [5.74, 6) is -1.83. The molecule has 8 nitrogen and oxygen atoms in total. The van der Waals surface area contributed by atoms with E-state index in [1.165, 1.54) is 51.4 Å². The summed E-state index contributed by atoms with van der Waals surface area (Å²) in [5.41, 5.74) is 0.323. The molecule has 0 saturated heterocycles. The van der Waals surface area contributed by atoms with E-state index in [0.717, 1.165) is 38.5 Å². The van der Waals surface area contributed by atoms with Crippen LogP contribution in [0, 0.1) is 0 Å². The van der Waals surface area contributed by atoms with Gasteiger partial charge < -0.3 is 18.9 Å². The van der Waals surface area contributed by atoms with Crippen LogP contribution in [0.5, 0.6) is 0 Å². The van der Waals surface area contributed by atoms with Crippen LogP contribution >= 0.6 is 0 Å². The van der Waals surface area contributed by atoms with Crippen LogP contribution in [-0.2, 0) is 38.1 Å². The van der Waals surface area contributed by atoms with Gasteiger partial charge in [0.2, 0.25) is 0 Å². The average molecular weight is 569 g/mol. The predicted octanol–water partition coefficient (Wildman–Crippen LogP) is 7.58. The summed E-state index contributed by atoms with van der Waals surface area (Å²) in [7, 11) is 0. The molecule has 0 heterocycles. The second kappa shape index (κ2) is 29.3. The third kappa shape index (κ3) is 26.9. The number of hydrogen-bond donors (Lipinski definition) is 0. The summed E-state index contributed by atoms with van der Waals surface area (Å²) in [6, 6.07) is 0. The zero-order chi connectivity index (χ0) is 30.4. The minimum Gasteiger partial charge on any atom is -0.465 e. The number of unbranched alkanes of at least 4 members (excludes halogenated alkanes) is 10. The smallest absolute Gasteiger partial charge is 0.333 e. The van der Waals surface area contributed by atoms with Crippen LogP contribution in [0.15, 0.2) is 24.3 Å². The molecule has 232 valence electrons. The van der Waals surface area contributed by atoms with E-state index in [9.17, 15) is 19.2 Å². The van der Waals surface area contributed by atoms with Crippen LogP contribution in [0.4, 0.5) is 0 Å². The minimum atomic E-state index is -0.523. The lowest BCUT2D eigenvalue weighted by molar-refractivity contribution is -0.146. The van der Waals surface area contributed by atoms with E-state index < -0.39 is 23.9 Å². The van der Waals surface area contributed by atoms with Gasteiger partial charge in [-0.05, 0) is 25.7 Å². The maximum absolute atomic E-state index is 11.8. The molecule has 0 aliphatic carbocycles. The Morgan fingerprint density at radius 1 is 0.425 bits per heavy atom. The Morgan fingerprint density at radius 3 is 1.18 bits per heavy atom. The fraction of sp³-hybridized carbons (Fsp3) is 0.750. The molecule has 0 aromatic heterocycles. The van der Waals surface area contributed by atoms with E-state index in [1.54, 1.807) is 0 Å². The fourth-order valence-corrected chi connectivity index (χ4v) is 3.33. The number of hydrogen-bond acceptors (Lipinski definition) is 8. The molecular formula is C32H56O8. The molecule has 0 saturated carbocycles. The van der Waals surface area contributed by atoms with E-state index in [-0.39, 0.29) is 24.0 Å². The van der Waals surface area contributed by atoms with Gasteiger partial charge in [0.15, 0.2) is 0 Å². The Bertz CT molecular complexity index is 714. The highest BCUT2D eigenvalue weighted by atomic mass is 16.5. The van der Waals surface area contributed by atoms with Crippen molar-refractivity contribution in [3.63, 3.8) is 0 Å². The highest BCUT2D eigenvalue weighted by Crippen LogP contribution is 2.09. The molecule has 0 aromatic carbocycles. The van der Waals surface area contributed by atoms with Crippen LogP contribution in [0.25, 0.3) is 0 Å². The zero-order valence-corrected chi connectivity index (χ0v) is 25.8. The van der Waals surface area contributed by atoms with Gasteiger partial charge in [0, 0.05) is 11.1 Å². The fourth-order valence-electron chi connectivity index (χ4n) is 3.33. The van der Waals surface area contributed by atoms with Gasteiger partial charge in [0.05, 0.1) is 39.3 Å². The highest BCUT2D eigenvalue weighted by Gasteiger charge is 2.14. The molecule has 8 heteroatoms. The molecule has 0 spiro atoms. The first-order valence-corrected chi connectivity index (χ1v) is 15.2. The lowest BCUT2D eigenvalue weighted by Gasteiger charge is -2.08. The Hall–Kier alpha value is -2.64. The largest absolute Gasteiger partial charge is 0.465 e. The van der Waals surface area contributed by atoms with Crippen LogP contribution in [0.3, 0.4) is 0 Å². The predicted molar refractivity (Wildman–Crippen MR) is 159 cm³/mol. The molecule has 0 aromatic rings. The van der Waals surface area contributed by atoms with Gasteiger partial charge in [0.25, 0.3) is 0 Å². The maximum Gasteiger partial charge on any atom is 0.333 e. The maximum atomic E-state index is 11.8. The molecule has 0 fully saturated rings. The Balaban J connectivity index is 0. The van der Waals surface area contributed by atoms with Gasteiger partial charge in [-0.2, -0.15) is 0 Å². The van der Waals surface area contributed by atoms with Crippen molar-refractivity contribution in [3.05, 3.63) is 24.3 Å². The second-order valence-corrected chi connectivity index (χ2v) is 9.81. The quantitative estimate of drug-likeness (QED) is 0.0508. The first kappa shape index (κ1) is 39.5. The first-order valence-electron chi connectivity index (χ1n) is 15.2. The Morgan fingerprint density at radius 2 is 0.750 bits per heavy atom. The first-order chi connectivity index (χ1) is 19.2. The molecule has 0 radical (unpaired) electrons. The summed E-state index contributed by atoms with van der Waals surface area (Å²) in [4.78, 5) is 45.7. The van der Waals surface area contributed by atoms with Crippen LogP contribution in [0.2, 0.25) is 0 Å². The minimum absolute atomic E-state index is 0.0782. The molecule has 0 bridgehead atoms. The summed E-state index contributed by atoms with van der Waals surface area (Å²) in [6.45, 7) is 16.8. The molecular weight excluding hydrogens is 512 g/mol. The molecule has 0 rings (SSSR count). The SMILES string of the molecule is C=C(CC(=O)OCCC)C(=O)OCCC.C=C(CC(=O)OCCCCCCCC)C(=O)OCCCCCCCC. The monoisotopic (exact) mass is 568 g/mol. The Kier molecular flexibility index (Phi) is 29.0. The molecule has 0 aliphatic rings. The lowest BCUT2D eigenvalue weighted by atomic mass is 10.1. The Labute approximate surface area is 243 Å². The van der Waals surface area contributed by atoms with Crippen molar-refractivity contribution in [2.45, 2.75) is 130 Å². The van der Waals surface area contributed by atoms with E-state index in [4.69, 9.17) is 18.9 Å². The van der Waals surface area contributed by atoms with Crippen molar-refractivity contribution in [1.29, 1.82) is 0 Å². The number of carbonyl (C=O) groups is 4. The lowest BCUT2D eigenvalue weighted by Crippen LogP contribution is -2.14. The third-order valence-corrected chi connectivity index (χ3v) is 5.69. The highest BCUT2D eigenvalue weighted by molar-refractivity contribution is 5.93. The van der Waals surface area contributed by atoms with E-state index >= 15 is 0 Å². The van der Waals surface area contributed by atoms with Crippen molar-refractivity contribution in [2.24, 2.45) is 0 Å². The molecule has 0 aliphatic heterocycles. The van der Waals surface area contributed by atoms with Gasteiger partial charge in [-0.3, -0.25) is 9.59 Å². The van der Waals surface area contributed by atoms with Crippen molar-refractivity contribution in [2.75, 3.05) is 26.4 Å². The number of rotatable bonds is 24. The van der Waals surface area contributed by atoms with Gasteiger partial charge in [-0.15, -0.1) is 0 Å². The van der Waals surface area contributed by atoms with E-state index in [2.05, 4.69) is 27.0 Å². The van der Waals surface area contributed by atoms with Crippen LogP contribution in [-0.4, -0.2) is 50.3 Å². The number of ether oxygens (including phenoxy) is 4. The van der Waals surface area contributed by atoms with Crippen molar-refractivity contribution in [1.82, 2.24) is 0 Å². The third-order valence-electron chi connectivity index (χ3n) is 5.69. The van der Waals surface area contributed by atoms with E-state index in [0.29, 0.717) is 26.4 Å². The van der Waals surface area contributed by atoms with Gasteiger partial charge >= 0.3 is 23.9 Å². The topological polar surface area (TPSA) is 105 Å². The van der Waals surface area contributed by atoms with E-state index in [1.807, 2.05) is 13.8 Å². The van der Waals surface area contributed by atoms with Crippen molar-refractivity contribution < 1.29 is 38.1 Å². The number of carbonyl (C=O) groups excluding carboxylic acids is 4. The van der Waals surface area contributed by atoms with Crippen molar-refractivity contribution in [3.8, 4) is 0 Å². The standard InChI is InChI=1S/C21H38O4.C11H18O4/c1-4-6-8-10-12-14-16-24-20(22)18-19(3)21(23)25-17-15-13-11-9-7-5-2;1-4-6-14-10(12)8-9(3)11(13)15-7-5-2/h3-18H2,1-2H3;3-8H2,1-2H3. The summed E-state index contributed by atoms with van der Waals surface area (Å²) in [6.07, 6.45) is 15.1. The van der Waals surface area contributed by atoms with Gasteiger partial charge in [0.1, 0.15) is 0 Å². The second-order valence-electron chi connectivity index (χ2n) is 9.81. The molecule has 40 heavy (non-hydrogen) atoms. The molecule has 0 amide bonds. The van der Waals surface area contributed by atoms with Gasteiger partial charge in [-0.25, -0.2) is 9.59 Å².